The van der Waals surface area contributed by atoms with Gasteiger partial charge in [0.1, 0.15) is 35.1 Å². The molecule has 8 nitrogen and oxygen atoms in total. The van der Waals surface area contributed by atoms with Gasteiger partial charge in [-0.05, 0) is 23.0 Å². The lowest BCUT2D eigenvalue weighted by molar-refractivity contribution is 0.813. The summed E-state index contributed by atoms with van der Waals surface area (Å²) < 4.78 is 3.98. The van der Waals surface area contributed by atoms with E-state index in [1.807, 2.05) is 45.5 Å². The summed E-state index contributed by atoms with van der Waals surface area (Å²) in [6.07, 6.45) is 6.57. The molecule has 34 heavy (non-hydrogen) atoms. The SMILES string of the molecule is C(#Cc1ncnc2c1ncn2Cc1ccccc1)c1ncnc2c1ncn2Cc1ccccc1. The quantitative estimate of drug-likeness (QED) is 0.389. The Labute approximate surface area is 195 Å². The van der Waals surface area contributed by atoms with Crippen LogP contribution in [0.5, 0.6) is 0 Å². The lowest BCUT2D eigenvalue weighted by Crippen LogP contribution is -2.00. The molecule has 0 aliphatic rings. The Morgan fingerprint density at radius 3 is 1.41 bits per heavy atom. The summed E-state index contributed by atoms with van der Waals surface area (Å²) >= 11 is 0. The molecule has 0 spiro atoms. The minimum atomic E-state index is 0.548. The van der Waals surface area contributed by atoms with Crippen molar-refractivity contribution < 1.29 is 0 Å². The Morgan fingerprint density at radius 2 is 0.971 bits per heavy atom. The number of rotatable bonds is 4. The highest BCUT2D eigenvalue weighted by Crippen LogP contribution is 2.16. The molecule has 0 bridgehead atoms. The van der Waals surface area contributed by atoms with Crippen LogP contribution in [0.1, 0.15) is 22.5 Å². The van der Waals surface area contributed by atoms with E-state index >= 15 is 0 Å². The van der Waals surface area contributed by atoms with Crippen LogP contribution in [-0.2, 0) is 13.1 Å². The Hall–Kier alpha value is -4.90. The summed E-state index contributed by atoms with van der Waals surface area (Å²) in [5.41, 5.74) is 6.23. The second kappa shape index (κ2) is 8.56. The molecule has 0 fully saturated rings. The fourth-order valence-corrected chi connectivity index (χ4v) is 3.85. The van der Waals surface area contributed by atoms with Gasteiger partial charge in [-0.25, -0.2) is 29.9 Å². The third-order valence-electron chi connectivity index (χ3n) is 5.49. The minimum absolute atomic E-state index is 0.548. The van der Waals surface area contributed by atoms with E-state index in [0.29, 0.717) is 35.5 Å². The van der Waals surface area contributed by atoms with Crippen LogP contribution >= 0.6 is 0 Å². The molecule has 0 unspecified atom stereocenters. The number of hydrogen-bond acceptors (Lipinski definition) is 6. The topological polar surface area (TPSA) is 87.2 Å². The highest BCUT2D eigenvalue weighted by molar-refractivity contribution is 5.79. The van der Waals surface area contributed by atoms with E-state index in [9.17, 15) is 0 Å². The van der Waals surface area contributed by atoms with Gasteiger partial charge < -0.3 is 9.13 Å². The molecule has 6 aromatic rings. The number of nitrogens with zero attached hydrogens (tertiary/aromatic N) is 8. The molecule has 162 valence electrons. The molecule has 0 aliphatic carbocycles. The Morgan fingerprint density at radius 1 is 0.529 bits per heavy atom. The lowest BCUT2D eigenvalue weighted by atomic mass is 10.2. The van der Waals surface area contributed by atoms with Gasteiger partial charge in [-0.2, -0.15) is 0 Å². The minimum Gasteiger partial charge on any atom is -0.311 e. The Bertz CT molecular complexity index is 1530. The van der Waals surface area contributed by atoms with Gasteiger partial charge in [-0.15, -0.1) is 0 Å². The van der Waals surface area contributed by atoms with Crippen LogP contribution in [0.3, 0.4) is 0 Å². The molecule has 8 heteroatoms. The van der Waals surface area contributed by atoms with E-state index in [4.69, 9.17) is 0 Å². The van der Waals surface area contributed by atoms with E-state index in [2.05, 4.69) is 66.0 Å². The smallest absolute Gasteiger partial charge is 0.164 e. The standard InChI is InChI=1S/C26H18N8/c1-3-7-19(8-4-1)13-33-17-31-23-21(27-15-29-25(23)33)11-12-22-24-26(30-16-28-22)34(18-32-24)14-20-9-5-2-6-10-20/h1-10,15-18H,13-14H2. The van der Waals surface area contributed by atoms with Crippen molar-refractivity contribution >= 4 is 22.3 Å². The second-order valence-corrected chi connectivity index (χ2v) is 7.76. The molecule has 0 radical (unpaired) electrons. The molecule has 0 saturated heterocycles. The van der Waals surface area contributed by atoms with Gasteiger partial charge in [0.25, 0.3) is 0 Å². The zero-order valence-electron chi connectivity index (χ0n) is 18.1. The van der Waals surface area contributed by atoms with E-state index in [0.717, 1.165) is 11.3 Å². The Kier molecular flexibility index (Phi) is 4.98. The van der Waals surface area contributed by atoms with Crippen molar-refractivity contribution in [1.29, 1.82) is 0 Å². The van der Waals surface area contributed by atoms with Crippen LogP contribution in [0.4, 0.5) is 0 Å². The van der Waals surface area contributed by atoms with Crippen LogP contribution in [0, 0.1) is 11.8 Å². The predicted molar refractivity (Wildman–Crippen MR) is 128 cm³/mol. The summed E-state index contributed by atoms with van der Waals surface area (Å²) in [4.78, 5) is 26.6. The highest BCUT2D eigenvalue weighted by atomic mass is 15.1. The predicted octanol–water partition coefficient (Wildman–Crippen LogP) is 3.46. The van der Waals surface area contributed by atoms with Gasteiger partial charge in [0.15, 0.2) is 11.3 Å². The first kappa shape index (κ1) is 19.8. The van der Waals surface area contributed by atoms with Crippen LogP contribution in [0.15, 0.2) is 86.0 Å². The zero-order chi connectivity index (χ0) is 22.7. The van der Waals surface area contributed by atoms with Crippen LogP contribution < -0.4 is 0 Å². The summed E-state index contributed by atoms with van der Waals surface area (Å²) in [6, 6.07) is 20.4. The van der Waals surface area contributed by atoms with Crippen LogP contribution in [-0.4, -0.2) is 39.0 Å². The molecular weight excluding hydrogens is 424 g/mol. The van der Waals surface area contributed by atoms with Crippen molar-refractivity contribution in [3.8, 4) is 11.8 Å². The molecule has 0 aliphatic heterocycles. The molecule has 2 aromatic carbocycles. The normalized spacial score (nSPS) is 10.9. The van der Waals surface area contributed by atoms with E-state index in [-0.39, 0.29) is 0 Å². The fourth-order valence-electron chi connectivity index (χ4n) is 3.85. The van der Waals surface area contributed by atoms with Gasteiger partial charge in [0.05, 0.1) is 25.7 Å². The summed E-state index contributed by atoms with van der Waals surface area (Å²) in [5, 5.41) is 0. The maximum absolute atomic E-state index is 4.52. The number of benzene rings is 2. The largest absolute Gasteiger partial charge is 0.311 e. The molecule has 6 rings (SSSR count). The van der Waals surface area contributed by atoms with Crippen molar-refractivity contribution in [2.75, 3.05) is 0 Å². The first-order valence-electron chi connectivity index (χ1n) is 10.8. The fraction of sp³-hybridized carbons (Fsp3) is 0.0769. The molecule has 4 heterocycles. The van der Waals surface area contributed by atoms with Crippen molar-refractivity contribution in [2.45, 2.75) is 13.1 Å². The van der Waals surface area contributed by atoms with Gasteiger partial charge in [-0.1, -0.05) is 60.7 Å². The monoisotopic (exact) mass is 442 g/mol. The molecule has 0 amide bonds. The van der Waals surface area contributed by atoms with E-state index in [1.165, 1.54) is 23.8 Å². The summed E-state index contributed by atoms with van der Waals surface area (Å²) in [5.74, 6) is 6.23. The average molecular weight is 442 g/mol. The first-order valence-corrected chi connectivity index (χ1v) is 10.8. The van der Waals surface area contributed by atoms with Gasteiger partial charge >= 0.3 is 0 Å². The maximum Gasteiger partial charge on any atom is 0.164 e. The molecule has 4 aromatic heterocycles. The van der Waals surface area contributed by atoms with Crippen LogP contribution in [0.2, 0.25) is 0 Å². The van der Waals surface area contributed by atoms with Crippen molar-refractivity contribution in [3.05, 3.63) is 108 Å². The number of aromatic nitrogens is 8. The van der Waals surface area contributed by atoms with Crippen molar-refractivity contribution in [1.82, 2.24) is 39.0 Å². The highest BCUT2D eigenvalue weighted by Gasteiger charge is 2.11. The van der Waals surface area contributed by atoms with Crippen molar-refractivity contribution in [3.63, 3.8) is 0 Å². The molecule has 0 N–H and O–H groups in total. The third-order valence-corrected chi connectivity index (χ3v) is 5.49. The van der Waals surface area contributed by atoms with Gasteiger partial charge in [0, 0.05) is 0 Å². The molecule has 0 saturated carbocycles. The lowest BCUT2D eigenvalue weighted by Gasteiger charge is -2.03. The maximum atomic E-state index is 4.52. The zero-order valence-corrected chi connectivity index (χ0v) is 18.1. The summed E-state index contributed by atoms with van der Waals surface area (Å²) in [7, 11) is 0. The van der Waals surface area contributed by atoms with Crippen LogP contribution in [0.25, 0.3) is 22.3 Å². The van der Waals surface area contributed by atoms with Gasteiger partial charge in [-0.3, -0.25) is 0 Å². The molecular formula is C26H18N8. The van der Waals surface area contributed by atoms with Gasteiger partial charge in [0.2, 0.25) is 0 Å². The summed E-state index contributed by atoms with van der Waals surface area (Å²) in [6.45, 7) is 1.35. The van der Waals surface area contributed by atoms with E-state index in [1.54, 1.807) is 12.7 Å². The second-order valence-electron chi connectivity index (χ2n) is 7.76. The first-order chi connectivity index (χ1) is 16.8. The Balaban J connectivity index is 1.33. The molecule has 0 atom stereocenters. The number of hydrogen-bond donors (Lipinski definition) is 0. The third kappa shape index (κ3) is 3.76. The van der Waals surface area contributed by atoms with E-state index < -0.39 is 0 Å². The van der Waals surface area contributed by atoms with Crippen molar-refractivity contribution in [2.24, 2.45) is 0 Å². The average Bonchev–Trinajstić information content (AvgIpc) is 3.49. The number of imidazole rings is 2. The number of fused-ring (bicyclic) bond motifs is 2.